The van der Waals surface area contributed by atoms with Gasteiger partial charge in [0.1, 0.15) is 5.75 Å². The molecule has 0 saturated heterocycles. The normalized spacial score (nSPS) is 14.9. The van der Waals surface area contributed by atoms with Crippen molar-refractivity contribution in [3.63, 3.8) is 0 Å². The number of carbonyl (C=O) groups is 1. The number of benzene rings is 3. The summed E-state index contributed by atoms with van der Waals surface area (Å²) in [5, 5.41) is 6.06. The predicted octanol–water partition coefficient (Wildman–Crippen LogP) is 4.75. The summed E-state index contributed by atoms with van der Waals surface area (Å²) < 4.78 is 5.31. The number of aryl methyl sites for hydroxylation is 1. The van der Waals surface area contributed by atoms with Crippen LogP contribution in [0, 0.1) is 0 Å². The zero-order valence-electron chi connectivity index (χ0n) is 14.6. The summed E-state index contributed by atoms with van der Waals surface area (Å²) in [4.78, 5) is 17.9. The zero-order chi connectivity index (χ0) is 17.9. The number of hydrogen-bond acceptors (Lipinski definition) is 4. The molecule has 0 spiro atoms. The van der Waals surface area contributed by atoms with E-state index in [9.17, 15) is 4.79 Å². The molecule has 130 valence electrons. The summed E-state index contributed by atoms with van der Waals surface area (Å²) in [6.07, 6.45) is 2.77. The Morgan fingerprint density at radius 1 is 1.00 bits per heavy atom. The molecular formula is C22H19NO3. The molecule has 4 heteroatoms. The number of rotatable bonds is 3. The maximum Gasteiger partial charge on any atom is 0.366 e. The van der Waals surface area contributed by atoms with Gasteiger partial charge in [-0.2, -0.15) is 0 Å². The van der Waals surface area contributed by atoms with Crippen molar-refractivity contribution in [3.05, 3.63) is 77.4 Å². The lowest BCUT2D eigenvalue weighted by Crippen LogP contribution is -2.14. The van der Waals surface area contributed by atoms with Crippen molar-refractivity contribution in [2.24, 2.45) is 5.16 Å². The van der Waals surface area contributed by atoms with E-state index in [1.165, 1.54) is 5.56 Å². The molecular weight excluding hydrogens is 326 g/mol. The van der Waals surface area contributed by atoms with Crippen molar-refractivity contribution in [3.8, 4) is 5.75 Å². The van der Waals surface area contributed by atoms with Gasteiger partial charge >= 0.3 is 5.97 Å². The van der Waals surface area contributed by atoms with Crippen molar-refractivity contribution >= 4 is 22.5 Å². The molecule has 0 saturated carbocycles. The number of hydrogen-bond donors (Lipinski definition) is 0. The van der Waals surface area contributed by atoms with Crippen LogP contribution in [0.2, 0.25) is 0 Å². The van der Waals surface area contributed by atoms with E-state index >= 15 is 0 Å². The topological polar surface area (TPSA) is 47.9 Å². The number of oxime groups is 1. The first-order chi connectivity index (χ1) is 12.8. The van der Waals surface area contributed by atoms with E-state index in [0.29, 0.717) is 5.56 Å². The predicted molar refractivity (Wildman–Crippen MR) is 102 cm³/mol. The van der Waals surface area contributed by atoms with Crippen LogP contribution in [0.25, 0.3) is 10.8 Å². The fraction of sp³-hybridized carbons (Fsp3) is 0.182. The Morgan fingerprint density at radius 2 is 1.85 bits per heavy atom. The van der Waals surface area contributed by atoms with Gasteiger partial charge in [0.25, 0.3) is 0 Å². The second-order valence-corrected chi connectivity index (χ2v) is 6.32. The first-order valence-electron chi connectivity index (χ1n) is 8.69. The van der Waals surface area contributed by atoms with Crippen LogP contribution in [0.3, 0.4) is 0 Å². The van der Waals surface area contributed by atoms with E-state index < -0.39 is 5.97 Å². The number of ether oxygens (including phenoxy) is 1. The van der Waals surface area contributed by atoms with Gasteiger partial charge in [-0.1, -0.05) is 47.6 Å². The van der Waals surface area contributed by atoms with E-state index in [2.05, 4.69) is 11.2 Å². The van der Waals surface area contributed by atoms with Gasteiger partial charge in [-0.15, -0.1) is 0 Å². The third-order valence-corrected chi connectivity index (χ3v) is 4.74. The summed E-state index contributed by atoms with van der Waals surface area (Å²) in [5.41, 5.74) is 3.52. The fourth-order valence-electron chi connectivity index (χ4n) is 3.39. The highest BCUT2D eigenvalue weighted by atomic mass is 16.7. The summed E-state index contributed by atoms with van der Waals surface area (Å²) >= 11 is 0. The second kappa shape index (κ2) is 7.00. The van der Waals surface area contributed by atoms with E-state index in [-0.39, 0.29) is 0 Å². The average molecular weight is 345 g/mol. The van der Waals surface area contributed by atoms with Crippen LogP contribution < -0.4 is 4.74 Å². The molecule has 0 amide bonds. The Balaban J connectivity index is 1.64. The monoisotopic (exact) mass is 345 g/mol. The van der Waals surface area contributed by atoms with Crippen molar-refractivity contribution in [1.29, 1.82) is 0 Å². The zero-order valence-corrected chi connectivity index (χ0v) is 14.6. The lowest BCUT2D eigenvalue weighted by atomic mass is 9.90. The third kappa shape index (κ3) is 3.06. The lowest BCUT2D eigenvalue weighted by molar-refractivity contribution is 0.0518. The van der Waals surface area contributed by atoms with Crippen molar-refractivity contribution in [1.82, 2.24) is 0 Å². The molecule has 1 aliphatic carbocycles. The number of nitrogens with zero attached hydrogens (tertiary/aromatic N) is 1. The van der Waals surface area contributed by atoms with Gasteiger partial charge in [0.2, 0.25) is 0 Å². The molecule has 0 bridgehead atoms. The molecule has 0 heterocycles. The minimum atomic E-state index is -0.440. The highest BCUT2D eigenvalue weighted by Gasteiger charge is 2.18. The van der Waals surface area contributed by atoms with Gasteiger partial charge in [0, 0.05) is 5.56 Å². The van der Waals surface area contributed by atoms with Crippen LogP contribution in [0.4, 0.5) is 0 Å². The molecule has 0 atom stereocenters. The number of carbonyl (C=O) groups excluding carboxylic acids is 1. The van der Waals surface area contributed by atoms with Crippen molar-refractivity contribution < 1.29 is 14.4 Å². The lowest BCUT2D eigenvalue weighted by Gasteiger charge is -2.18. The van der Waals surface area contributed by atoms with Crippen LogP contribution in [0.5, 0.6) is 5.75 Å². The fourth-order valence-corrected chi connectivity index (χ4v) is 3.39. The Bertz CT molecular complexity index is 1000. The van der Waals surface area contributed by atoms with Crippen LogP contribution in [0.15, 0.2) is 65.8 Å². The van der Waals surface area contributed by atoms with Gasteiger partial charge in [0.15, 0.2) is 0 Å². The molecule has 0 aliphatic heterocycles. The Labute approximate surface area is 152 Å². The minimum Gasteiger partial charge on any atom is -0.497 e. The number of methoxy groups -OCH3 is 1. The number of fused-ring (bicyclic) bond motifs is 2. The largest absolute Gasteiger partial charge is 0.497 e. The minimum absolute atomic E-state index is 0.440. The van der Waals surface area contributed by atoms with Crippen LogP contribution >= 0.6 is 0 Å². The highest BCUT2D eigenvalue weighted by molar-refractivity contribution is 6.06. The first kappa shape index (κ1) is 16.3. The van der Waals surface area contributed by atoms with Crippen LogP contribution in [-0.4, -0.2) is 18.8 Å². The molecule has 0 fully saturated rings. The summed E-state index contributed by atoms with van der Waals surface area (Å²) in [6.45, 7) is 0. The van der Waals surface area contributed by atoms with Crippen molar-refractivity contribution in [2.45, 2.75) is 19.3 Å². The Kier molecular flexibility index (Phi) is 4.40. The molecule has 0 unspecified atom stereocenters. The van der Waals surface area contributed by atoms with Gasteiger partial charge in [0.05, 0.1) is 18.4 Å². The van der Waals surface area contributed by atoms with Gasteiger partial charge < -0.3 is 9.57 Å². The summed E-state index contributed by atoms with van der Waals surface area (Å²) in [7, 11) is 1.64. The molecule has 3 aromatic rings. The van der Waals surface area contributed by atoms with E-state index in [4.69, 9.17) is 9.57 Å². The molecule has 1 aliphatic rings. The Morgan fingerprint density at radius 3 is 2.73 bits per heavy atom. The maximum absolute atomic E-state index is 12.6. The highest BCUT2D eigenvalue weighted by Crippen LogP contribution is 2.26. The molecule has 0 radical (unpaired) electrons. The molecule has 0 aromatic heterocycles. The summed E-state index contributed by atoms with van der Waals surface area (Å²) in [5.74, 6) is 0.336. The second-order valence-electron chi connectivity index (χ2n) is 6.32. The van der Waals surface area contributed by atoms with Crippen LogP contribution in [-0.2, 0) is 11.3 Å². The molecule has 3 aromatic carbocycles. The van der Waals surface area contributed by atoms with Gasteiger partial charge in [-0.05, 0) is 53.8 Å². The standard InChI is InChI=1S/C22H19NO3/c1-25-17-13-12-16-8-5-11-21(20(16)14-17)23-26-22(24)19-10-4-7-15-6-2-3-9-18(15)19/h2-4,6-7,9-10,12-14H,5,8,11H2,1H3/b23-21+. The van der Waals surface area contributed by atoms with Gasteiger partial charge in [-0.25, -0.2) is 4.79 Å². The smallest absolute Gasteiger partial charge is 0.366 e. The average Bonchev–Trinajstić information content (AvgIpc) is 2.71. The molecule has 26 heavy (non-hydrogen) atoms. The van der Waals surface area contributed by atoms with E-state index in [0.717, 1.165) is 47.1 Å². The van der Waals surface area contributed by atoms with E-state index in [1.807, 2.05) is 48.5 Å². The molecule has 4 rings (SSSR count). The Hall–Kier alpha value is -3.14. The van der Waals surface area contributed by atoms with Crippen molar-refractivity contribution in [2.75, 3.05) is 7.11 Å². The van der Waals surface area contributed by atoms with E-state index in [1.54, 1.807) is 13.2 Å². The molecule has 4 nitrogen and oxygen atoms in total. The quantitative estimate of drug-likeness (QED) is 0.508. The summed E-state index contributed by atoms with van der Waals surface area (Å²) in [6, 6.07) is 19.3. The first-order valence-corrected chi connectivity index (χ1v) is 8.69. The molecule has 0 N–H and O–H groups in total. The third-order valence-electron chi connectivity index (χ3n) is 4.74. The van der Waals surface area contributed by atoms with Gasteiger partial charge in [-0.3, -0.25) is 0 Å². The maximum atomic E-state index is 12.6. The van der Waals surface area contributed by atoms with Crippen LogP contribution in [0.1, 0.15) is 34.3 Å². The SMILES string of the molecule is COc1ccc2c(c1)/C(=N/OC(=O)c1cccc3ccccc13)CCC2.